The third-order valence-electron chi connectivity index (χ3n) is 12.0. The highest BCUT2D eigenvalue weighted by Gasteiger charge is 2.35. The van der Waals surface area contributed by atoms with Gasteiger partial charge in [-0.15, -0.1) is 0 Å². The molecule has 2 aromatic carbocycles. The third-order valence-corrected chi connectivity index (χ3v) is 12.0. The van der Waals surface area contributed by atoms with Crippen molar-refractivity contribution in [3.05, 3.63) is 75.5 Å². The highest BCUT2D eigenvalue weighted by molar-refractivity contribution is 5.95. The minimum Gasteiger partial charge on any atom is -0.375 e. The molecule has 0 spiro atoms. The number of benzene rings is 2. The van der Waals surface area contributed by atoms with E-state index in [1.54, 1.807) is 34.1 Å². The van der Waals surface area contributed by atoms with Gasteiger partial charge in [-0.1, -0.05) is 43.5 Å². The number of carbonyl (C=O) groups is 4. The molecule has 294 valence electrons. The standard InChI is InChI=1S/C41H52FN7O6/c42-35-11-10-28(25-36-32-8-4-5-9-33(32)39(52)45-44-36)24-34(35)40(53)49-22-20-47(21-23-49)37(51)26-46-16-12-30(13-17-46)55-31-14-18-48(19-15-31)41(54)38(43-27-50)29-6-2-1-3-7-29/h4-5,8-11,24,27,29-31,38H,1-3,6-7,12-23,25-26H2,(H,43,50)(H,45,52). The Morgan fingerprint density at radius 2 is 1.49 bits per heavy atom. The molecule has 3 aliphatic heterocycles. The number of piperazine rings is 1. The normalized spacial score (nSPS) is 20.1. The number of ether oxygens (including phenoxy) is 1. The molecular weight excluding hydrogens is 705 g/mol. The van der Waals surface area contributed by atoms with Crippen LogP contribution in [0.1, 0.15) is 79.4 Å². The van der Waals surface area contributed by atoms with E-state index in [2.05, 4.69) is 20.4 Å². The lowest BCUT2D eigenvalue weighted by atomic mass is 9.83. The summed E-state index contributed by atoms with van der Waals surface area (Å²) >= 11 is 0. The van der Waals surface area contributed by atoms with Gasteiger partial charge < -0.3 is 24.8 Å². The van der Waals surface area contributed by atoms with E-state index in [0.29, 0.717) is 80.7 Å². The van der Waals surface area contributed by atoms with Crippen molar-refractivity contribution in [1.82, 2.24) is 35.1 Å². The number of halogens is 1. The van der Waals surface area contributed by atoms with Crippen LogP contribution in [-0.4, -0.2) is 131 Å². The zero-order chi connectivity index (χ0) is 38.3. The van der Waals surface area contributed by atoms with Crippen LogP contribution < -0.4 is 10.9 Å². The van der Waals surface area contributed by atoms with Gasteiger partial charge in [-0.2, -0.15) is 5.10 Å². The lowest BCUT2D eigenvalue weighted by Gasteiger charge is -2.39. The fourth-order valence-corrected chi connectivity index (χ4v) is 8.80. The Labute approximate surface area is 320 Å². The molecule has 4 fully saturated rings. The van der Waals surface area contributed by atoms with Gasteiger partial charge in [0.05, 0.1) is 35.4 Å². The van der Waals surface area contributed by atoms with Gasteiger partial charge >= 0.3 is 0 Å². The topological polar surface area (TPSA) is 148 Å². The van der Waals surface area contributed by atoms with Crippen molar-refractivity contribution in [1.29, 1.82) is 0 Å². The monoisotopic (exact) mass is 757 g/mol. The number of nitrogens with zero attached hydrogens (tertiary/aromatic N) is 5. The largest absolute Gasteiger partial charge is 0.375 e. The molecule has 55 heavy (non-hydrogen) atoms. The molecule has 2 N–H and O–H groups in total. The van der Waals surface area contributed by atoms with E-state index >= 15 is 0 Å². The van der Waals surface area contributed by atoms with E-state index in [0.717, 1.165) is 64.5 Å². The van der Waals surface area contributed by atoms with Gasteiger partial charge in [-0.25, -0.2) is 9.49 Å². The van der Waals surface area contributed by atoms with Crippen LogP contribution in [0.4, 0.5) is 4.39 Å². The fraction of sp³-hybridized carbons (Fsp3) is 0.561. The van der Waals surface area contributed by atoms with E-state index in [9.17, 15) is 28.4 Å². The Morgan fingerprint density at radius 1 is 0.836 bits per heavy atom. The van der Waals surface area contributed by atoms with Crippen molar-refractivity contribution in [2.24, 2.45) is 5.92 Å². The first-order valence-electron chi connectivity index (χ1n) is 20.0. The van der Waals surface area contributed by atoms with Gasteiger partial charge in [0, 0.05) is 64.2 Å². The van der Waals surface area contributed by atoms with Crippen LogP contribution >= 0.6 is 0 Å². The minimum absolute atomic E-state index is 0.0212. The number of amides is 4. The molecule has 7 rings (SSSR count). The summed E-state index contributed by atoms with van der Waals surface area (Å²) in [6.45, 7) is 4.48. The number of piperidine rings is 2. The van der Waals surface area contributed by atoms with Gasteiger partial charge in [0.25, 0.3) is 11.5 Å². The lowest BCUT2D eigenvalue weighted by molar-refractivity contribution is -0.141. The Kier molecular flexibility index (Phi) is 12.5. The molecule has 1 aromatic heterocycles. The molecule has 4 aliphatic rings. The number of hydrogen-bond donors (Lipinski definition) is 2. The summed E-state index contributed by atoms with van der Waals surface area (Å²) in [5.74, 6) is -0.745. The Morgan fingerprint density at radius 3 is 2.18 bits per heavy atom. The van der Waals surface area contributed by atoms with Gasteiger partial charge in [-0.3, -0.25) is 28.9 Å². The number of aromatic nitrogens is 2. The molecule has 1 aliphatic carbocycles. The van der Waals surface area contributed by atoms with Gasteiger partial charge in [-0.05, 0) is 68.2 Å². The summed E-state index contributed by atoms with van der Waals surface area (Å²) in [4.78, 5) is 71.0. The zero-order valence-electron chi connectivity index (χ0n) is 31.4. The highest BCUT2D eigenvalue weighted by atomic mass is 19.1. The van der Waals surface area contributed by atoms with Crippen molar-refractivity contribution >= 4 is 34.9 Å². The van der Waals surface area contributed by atoms with Crippen LogP contribution in [0, 0.1) is 11.7 Å². The average molecular weight is 758 g/mol. The molecule has 0 radical (unpaired) electrons. The maximum atomic E-state index is 15.0. The molecule has 4 heterocycles. The first kappa shape index (κ1) is 38.6. The number of hydrogen-bond acceptors (Lipinski definition) is 8. The van der Waals surface area contributed by atoms with Crippen LogP contribution in [0.2, 0.25) is 0 Å². The average Bonchev–Trinajstić information content (AvgIpc) is 3.22. The van der Waals surface area contributed by atoms with Crippen molar-refractivity contribution in [3.63, 3.8) is 0 Å². The molecular formula is C41H52FN7O6. The van der Waals surface area contributed by atoms with E-state index in [1.807, 2.05) is 17.0 Å². The van der Waals surface area contributed by atoms with E-state index in [4.69, 9.17) is 4.74 Å². The van der Waals surface area contributed by atoms with Crippen LogP contribution in [0.25, 0.3) is 10.8 Å². The molecule has 13 nitrogen and oxygen atoms in total. The van der Waals surface area contributed by atoms with Crippen molar-refractivity contribution < 1.29 is 28.3 Å². The van der Waals surface area contributed by atoms with Gasteiger partial charge in [0.15, 0.2) is 0 Å². The van der Waals surface area contributed by atoms with Crippen LogP contribution in [0.3, 0.4) is 0 Å². The Hall–Kier alpha value is -4.69. The SMILES string of the molecule is O=CNC(C(=O)N1CCC(OC2CCN(CC(=O)N3CCN(C(=O)c4cc(Cc5n[nH]c(=O)c6ccccc56)ccc4F)CC3)CC2)CC1)C1CCCCC1. The Balaban J connectivity index is 0.829. The third kappa shape index (κ3) is 9.24. The number of nitrogens with one attached hydrogen (secondary N) is 2. The molecule has 4 amide bonds. The maximum absolute atomic E-state index is 15.0. The second-order valence-electron chi connectivity index (χ2n) is 15.5. The summed E-state index contributed by atoms with van der Waals surface area (Å²) in [6, 6.07) is 11.2. The second kappa shape index (κ2) is 17.8. The number of carbonyl (C=O) groups excluding carboxylic acids is 4. The summed E-state index contributed by atoms with van der Waals surface area (Å²) in [5.41, 5.74) is 1.02. The van der Waals surface area contributed by atoms with E-state index in [-0.39, 0.29) is 41.1 Å². The molecule has 1 saturated carbocycles. The number of likely N-dealkylation sites (tertiary alicyclic amines) is 2. The predicted molar refractivity (Wildman–Crippen MR) is 204 cm³/mol. The van der Waals surface area contributed by atoms with E-state index in [1.165, 1.54) is 12.5 Å². The van der Waals surface area contributed by atoms with Gasteiger partial charge in [0.1, 0.15) is 11.9 Å². The van der Waals surface area contributed by atoms with Crippen LogP contribution in [0.15, 0.2) is 47.3 Å². The highest BCUT2D eigenvalue weighted by Crippen LogP contribution is 2.29. The van der Waals surface area contributed by atoms with Crippen LogP contribution in [-0.2, 0) is 25.5 Å². The molecule has 1 unspecified atom stereocenters. The van der Waals surface area contributed by atoms with E-state index < -0.39 is 17.8 Å². The molecule has 3 aromatic rings. The van der Waals surface area contributed by atoms with Gasteiger partial charge in [0.2, 0.25) is 18.2 Å². The zero-order valence-corrected chi connectivity index (χ0v) is 31.4. The summed E-state index contributed by atoms with van der Waals surface area (Å²) in [7, 11) is 0. The Bertz CT molecular complexity index is 1890. The lowest BCUT2D eigenvalue weighted by Crippen LogP contribution is -2.54. The minimum atomic E-state index is -0.605. The number of rotatable bonds is 11. The fourth-order valence-electron chi connectivity index (χ4n) is 8.80. The first-order chi connectivity index (χ1) is 26.8. The summed E-state index contributed by atoms with van der Waals surface area (Å²) in [6.07, 6.45) is 9.79. The second-order valence-corrected chi connectivity index (χ2v) is 15.5. The first-order valence-corrected chi connectivity index (χ1v) is 20.0. The summed E-state index contributed by atoms with van der Waals surface area (Å²) in [5, 5.41) is 10.8. The maximum Gasteiger partial charge on any atom is 0.272 e. The van der Waals surface area contributed by atoms with Crippen molar-refractivity contribution in [2.45, 2.75) is 82.5 Å². The van der Waals surface area contributed by atoms with Crippen molar-refractivity contribution in [3.8, 4) is 0 Å². The number of fused-ring (bicyclic) bond motifs is 1. The quantitative estimate of drug-likeness (QED) is 0.284. The smallest absolute Gasteiger partial charge is 0.272 e. The number of aromatic amines is 1. The number of H-pyrrole nitrogens is 1. The molecule has 3 saturated heterocycles. The summed E-state index contributed by atoms with van der Waals surface area (Å²) < 4.78 is 21.5. The van der Waals surface area contributed by atoms with Crippen molar-refractivity contribution in [2.75, 3.05) is 58.9 Å². The van der Waals surface area contributed by atoms with Crippen LogP contribution in [0.5, 0.6) is 0 Å². The molecule has 14 heteroatoms. The predicted octanol–water partition coefficient (Wildman–Crippen LogP) is 3.10. The molecule has 1 atom stereocenters. The molecule has 0 bridgehead atoms.